The summed E-state index contributed by atoms with van der Waals surface area (Å²) in [7, 11) is 1.56. The number of hydrogen-bond acceptors (Lipinski definition) is 5. The molecule has 1 N–H and O–H groups in total. The van der Waals surface area contributed by atoms with Crippen molar-refractivity contribution >= 4 is 5.95 Å². The molecule has 0 spiro atoms. The molecular weight excluding hydrogens is 335 g/mol. The summed E-state index contributed by atoms with van der Waals surface area (Å²) in [4.78, 5) is 7.65. The number of furan rings is 1. The van der Waals surface area contributed by atoms with Gasteiger partial charge in [0.2, 0.25) is 5.95 Å². The zero-order chi connectivity index (χ0) is 17.9. The van der Waals surface area contributed by atoms with E-state index in [1.807, 2.05) is 0 Å². The molecule has 3 rings (SSSR count). The summed E-state index contributed by atoms with van der Waals surface area (Å²) >= 11 is 0. The van der Waals surface area contributed by atoms with Crippen molar-refractivity contribution in [3.8, 4) is 17.2 Å². The zero-order valence-electron chi connectivity index (χ0n) is 13.2. The molecule has 0 unspecified atom stereocenters. The first-order valence-corrected chi connectivity index (χ1v) is 7.32. The maximum Gasteiger partial charge on any atom is 0.433 e. The Morgan fingerprint density at radius 1 is 1.12 bits per heavy atom. The lowest BCUT2D eigenvalue weighted by atomic mass is 10.2. The number of rotatable bonds is 5. The molecule has 0 bridgehead atoms. The third-order valence-electron chi connectivity index (χ3n) is 3.40. The quantitative estimate of drug-likeness (QED) is 0.741. The first-order valence-electron chi connectivity index (χ1n) is 7.32. The number of aromatic nitrogens is 2. The summed E-state index contributed by atoms with van der Waals surface area (Å²) in [6.45, 7) is 0.267. The predicted octanol–water partition coefficient (Wildman–Crippen LogP) is 4.38. The Bertz CT molecular complexity index is 831. The van der Waals surface area contributed by atoms with Crippen LogP contribution in [0.5, 0.6) is 5.75 Å². The van der Waals surface area contributed by atoms with Gasteiger partial charge in [-0.3, -0.25) is 0 Å². The maximum absolute atomic E-state index is 13.1. The molecule has 2 heterocycles. The third-order valence-corrected chi connectivity index (χ3v) is 3.40. The topological polar surface area (TPSA) is 60.2 Å². The molecule has 0 amide bonds. The summed E-state index contributed by atoms with van der Waals surface area (Å²) < 4.78 is 49.4. The van der Waals surface area contributed by atoms with Crippen molar-refractivity contribution in [1.82, 2.24) is 9.97 Å². The van der Waals surface area contributed by atoms with Crippen LogP contribution in [0.4, 0.5) is 19.1 Å². The first-order chi connectivity index (χ1) is 12.0. The van der Waals surface area contributed by atoms with Gasteiger partial charge in [-0.05, 0) is 35.9 Å². The molecule has 0 saturated carbocycles. The lowest BCUT2D eigenvalue weighted by molar-refractivity contribution is -0.141. The second-order valence-corrected chi connectivity index (χ2v) is 5.14. The van der Waals surface area contributed by atoms with E-state index in [0.717, 1.165) is 11.6 Å². The van der Waals surface area contributed by atoms with E-state index >= 15 is 0 Å². The number of hydrogen-bond donors (Lipinski definition) is 1. The molecule has 0 atom stereocenters. The first kappa shape index (κ1) is 16.8. The fourth-order valence-electron chi connectivity index (χ4n) is 2.15. The van der Waals surface area contributed by atoms with Gasteiger partial charge in [-0.15, -0.1) is 0 Å². The van der Waals surface area contributed by atoms with E-state index in [-0.39, 0.29) is 23.9 Å². The molecule has 0 aliphatic rings. The average Bonchev–Trinajstić information content (AvgIpc) is 3.14. The Morgan fingerprint density at radius 3 is 2.48 bits per heavy atom. The van der Waals surface area contributed by atoms with Gasteiger partial charge >= 0.3 is 6.18 Å². The third kappa shape index (κ3) is 4.09. The molecule has 2 aromatic heterocycles. The molecular formula is C17H14F3N3O2. The van der Waals surface area contributed by atoms with Crippen LogP contribution in [0.25, 0.3) is 11.5 Å². The molecule has 1 aromatic carbocycles. The van der Waals surface area contributed by atoms with Gasteiger partial charge < -0.3 is 14.5 Å². The van der Waals surface area contributed by atoms with Crippen molar-refractivity contribution in [2.24, 2.45) is 0 Å². The lowest BCUT2D eigenvalue weighted by Crippen LogP contribution is -2.12. The number of halogens is 3. The van der Waals surface area contributed by atoms with Gasteiger partial charge in [-0.2, -0.15) is 13.2 Å². The summed E-state index contributed by atoms with van der Waals surface area (Å²) in [5, 5.41) is 2.81. The highest BCUT2D eigenvalue weighted by Gasteiger charge is 2.34. The molecule has 8 heteroatoms. The summed E-state index contributed by atoms with van der Waals surface area (Å²) in [5.74, 6) is 0.802. The van der Waals surface area contributed by atoms with Crippen molar-refractivity contribution in [2.75, 3.05) is 12.4 Å². The largest absolute Gasteiger partial charge is 0.497 e. The fraction of sp³-hybridized carbons (Fsp3) is 0.176. The normalized spacial score (nSPS) is 11.4. The summed E-state index contributed by atoms with van der Waals surface area (Å²) in [6.07, 6.45) is -3.21. The Balaban J connectivity index is 1.85. The van der Waals surface area contributed by atoms with Crippen LogP contribution in [-0.4, -0.2) is 17.1 Å². The minimum absolute atomic E-state index is 0.0598. The number of nitrogens with one attached hydrogen (secondary N) is 1. The molecule has 0 radical (unpaired) electrons. The molecule has 5 nitrogen and oxygen atoms in total. The number of alkyl halides is 3. The van der Waals surface area contributed by atoms with Crippen LogP contribution in [0.2, 0.25) is 0 Å². The van der Waals surface area contributed by atoms with Crippen molar-refractivity contribution in [3.05, 3.63) is 60.0 Å². The molecule has 130 valence electrons. The van der Waals surface area contributed by atoms with E-state index in [2.05, 4.69) is 15.3 Å². The highest BCUT2D eigenvalue weighted by atomic mass is 19.4. The van der Waals surface area contributed by atoms with Crippen LogP contribution in [-0.2, 0) is 12.7 Å². The number of ether oxygens (including phenoxy) is 1. The molecule has 0 fully saturated rings. The van der Waals surface area contributed by atoms with Crippen LogP contribution in [0.1, 0.15) is 11.3 Å². The smallest absolute Gasteiger partial charge is 0.433 e. The maximum atomic E-state index is 13.1. The SMILES string of the molecule is COc1ccc(CNc2nc(-c3ccco3)cc(C(F)(F)F)n2)cc1. The van der Waals surface area contributed by atoms with E-state index in [1.165, 1.54) is 12.3 Å². The van der Waals surface area contributed by atoms with Gasteiger partial charge in [0, 0.05) is 6.54 Å². The Labute approximate surface area is 141 Å². The number of anilines is 1. The van der Waals surface area contributed by atoms with Crippen molar-refractivity contribution in [1.29, 1.82) is 0 Å². The lowest BCUT2D eigenvalue weighted by Gasteiger charge is -2.11. The van der Waals surface area contributed by atoms with Crippen molar-refractivity contribution in [3.63, 3.8) is 0 Å². The Kier molecular flexibility index (Phi) is 4.60. The van der Waals surface area contributed by atoms with Crippen molar-refractivity contribution < 1.29 is 22.3 Å². The standard InChI is InChI=1S/C17H14F3N3O2/c1-24-12-6-4-11(5-7-12)10-21-16-22-13(14-3-2-8-25-14)9-15(23-16)17(18,19)20/h2-9H,10H2,1H3,(H,21,22,23). The van der Waals surface area contributed by atoms with E-state index < -0.39 is 11.9 Å². The zero-order valence-corrected chi connectivity index (χ0v) is 13.2. The van der Waals surface area contributed by atoms with Gasteiger partial charge in [0.15, 0.2) is 11.5 Å². The molecule has 0 saturated heterocycles. The van der Waals surface area contributed by atoms with Crippen LogP contribution in [0.3, 0.4) is 0 Å². The molecule has 0 aliphatic carbocycles. The summed E-state index contributed by atoms with van der Waals surface area (Å²) in [6, 6.07) is 11.1. The van der Waals surface area contributed by atoms with E-state index in [4.69, 9.17) is 9.15 Å². The highest BCUT2D eigenvalue weighted by molar-refractivity contribution is 5.54. The van der Waals surface area contributed by atoms with Gasteiger partial charge in [0.05, 0.1) is 13.4 Å². The number of methoxy groups -OCH3 is 1. The fourth-order valence-corrected chi connectivity index (χ4v) is 2.15. The number of nitrogens with zero attached hydrogens (tertiary/aromatic N) is 2. The van der Waals surface area contributed by atoms with Crippen LogP contribution >= 0.6 is 0 Å². The average molecular weight is 349 g/mol. The second-order valence-electron chi connectivity index (χ2n) is 5.14. The Morgan fingerprint density at radius 2 is 1.88 bits per heavy atom. The van der Waals surface area contributed by atoms with Crippen LogP contribution in [0.15, 0.2) is 53.1 Å². The van der Waals surface area contributed by atoms with E-state index in [9.17, 15) is 13.2 Å². The van der Waals surface area contributed by atoms with Crippen LogP contribution < -0.4 is 10.1 Å². The highest BCUT2D eigenvalue weighted by Crippen LogP contribution is 2.31. The monoisotopic (exact) mass is 349 g/mol. The van der Waals surface area contributed by atoms with Gasteiger partial charge in [-0.25, -0.2) is 9.97 Å². The van der Waals surface area contributed by atoms with Gasteiger partial charge in [0.25, 0.3) is 0 Å². The van der Waals surface area contributed by atoms with E-state index in [0.29, 0.717) is 5.75 Å². The second kappa shape index (κ2) is 6.84. The van der Waals surface area contributed by atoms with Gasteiger partial charge in [-0.1, -0.05) is 12.1 Å². The predicted molar refractivity (Wildman–Crippen MR) is 85.1 cm³/mol. The summed E-state index contributed by atoms with van der Waals surface area (Å²) in [5.41, 5.74) is -0.128. The molecule has 0 aliphatic heterocycles. The number of benzene rings is 1. The van der Waals surface area contributed by atoms with Gasteiger partial charge in [0.1, 0.15) is 11.4 Å². The minimum atomic E-state index is -4.58. The van der Waals surface area contributed by atoms with Crippen LogP contribution in [0, 0.1) is 0 Å². The van der Waals surface area contributed by atoms with Crippen molar-refractivity contribution in [2.45, 2.75) is 12.7 Å². The molecule has 25 heavy (non-hydrogen) atoms. The van der Waals surface area contributed by atoms with E-state index in [1.54, 1.807) is 37.4 Å². The Hall–Kier alpha value is -3.03. The molecule has 3 aromatic rings. The minimum Gasteiger partial charge on any atom is -0.497 e.